The third-order valence-electron chi connectivity index (χ3n) is 3.85. The lowest BCUT2D eigenvalue weighted by Crippen LogP contribution is -2.42. The van der Waals surface area contributed by atoms with Gasteiger partial charge in [-0.15, -0.1) is 0 Å². The number of hydrogen-bond donors (Lipinski definition) is 1. The first kappa shape index (κ1) is 13.2. The maximum atomic E-state index is 11.9. The molecule has 2 atom stereocenters. The number of benzene rings is 1. The lowest BCUT2D eigenvalue weighted by Gasteiger charge is -2.31. The van der Waals surface area contributed by atoms with E-state index in [1.54, 1.807) is 7.11 Å². The number of nitrogens with one attached hydrogen (secondary N) is 1. The first-order valence-electron chi connectivity index (χ1n) is 6.57. The molecule has 3 rings (SSSR count). The fourth-order valence-electron chi connectivity index (χ4n) is 2.79. The molecule has 0 unspecified atom stereocenters. The highest BCUT2D eigenvalue weighted by Gasteiger charge is 2.36. The zero-order chi connectivity index (χ0) is 14.1. The van der Waals surface area contributed by atoms with Crippen LogP contribution in [-0.2, 0) is 4.79 Å². The van der Waals surface area contributed by atoms with Crippen molar-refractivity contribution < 1.29 is 9.53 Å². The molecule has 1 aliphatic heterocycles. The van der Waals surface area contributed by atoms with Gasteiger partial charge in [0.05, 0.1) is 23.8 Å². The van der Waals surface area contributed by atoms with E-state index in [1.807, 2.05) is 18.2 Å². The number of carbonyl (C=O) groups is 1. The average Bonchev–Trinajstić information content (AvgIpc) is 2.48. The van der Waals surface area contributed by atoms with E-state index in [0.29, 0.717) is 10.8 Å². The Bertz CT molecular complexity index is 610. The van der Waals surface area contributed by atoms with Crippen molar-refractivity contribution in [1.82, 2.24) is 5.43 Å². The third kappa shape index (κ3) is 2.20. The van der Waals surface area contributed by atoms with Crippen LogP contribution in [0.15, 0.2) is 35.5 Å². The molecule has 1 aliphatic carbocycles. The van der Waals surface area contributed by atoms with Crippen molar-refractivity contribution in [2.24, 2.45) is 16.9 Å². The van der Waals surface area contributed by atoms with Gasteiger partial charge in [-0.2, -0.15) is 5.10 Å². The van der Waals surface area contributed by atoms with Crippen LogP contribution in [0, 0.1) is 11.8 Å². The van der Waals surface area contributed by atoms with E-state index < -0.39 is 0 Å². The number of amides is 1. The summed E-state index contributed by atoms with van der Waals surface area (Å²) in [6.07, 6.45) is 5.77. The number of fused-ring (bicyclic) bond motifs is 1. The molecule has 0 bridgehead atoms. The van der Waals surface area contributed by atoms with Crippen LogP contribution in [-0.4, -0.2) is 18.7 Å². The van der Waals surface area contributed by atoms with Crippen molar-refractivity contribution in [1.29, 1.82) is 0 Å². The smallest absolute Gasteiger partial charge is 0.244 e. The van der Waals surface area contributed by atoms with Crippen molar-refractivity contribution in [3.63, 3.8) is 0 Å². The predicted octanol–water partition coefficient (Wildman–Crippen LogP) is 2.76. The van der Waals surface area contributed by atoms with E-state index in [2.05, 4.69) is 22.7 Å². The van der Waals surface area contributed by atoms with Crippen LogP contribution < -0.4 is 10.2 Å². The summed E-state index contributed by atoms with van der Waals surface area (Å²) in [5, 5.41) is 4.79. The highest BCUT2D eigenvalue weighted by molar-refractivity contribution is 6.32. The summed E-state index contributed by atoms with van der Waals surface area (Å²) in [7, 11) is 1.58. The Morgan fingerprint density at radius 2 is 2.05 bits per heavy atom. The minimum Gasteiger partial charge on any atom is -0.495 e. The lowest BCUT2D eigenvalue weighted by atomic mass is 9.77. The van der Waals surface area contributed by atoms with E-state index in [4.69, 9.17) is 16.3 Å². The number of halogens is 1. The summed E-state index contributed by atoms with van der Waals surface area (Å²) >= 11 is 6.17. The van der Waals surface area contributed by atoms with Crippen molar-refractivity contribution in [3.8, 4) is 5.75 Å². The average molecular weight is 291 g/mol. The van der Waals surface area contributed by atoms with Crippen LogP contribution in [0.25, 0.3) is 0 Å². The fraction of sp³-hybridized carbons (Fsp3) is 0.333. The van der Waals surface area contributed by atoms with Gasteiger partial charge in [0.15, 0.2) is 0 Å². The number of nitrogens with zero attached hydrogens (tertiary/aromatic N) is 1. The van der Waals surface area contributed by atoms with Crippen molar-refractivity contribution in [3.05, 3.63) is 40.9 Å². The monoisotopic (exact) mass is 290 g/mol. The zero-order valence-electron chi connectivity index (χ0n) is 11.1. The molecule has 4 nitrogen and oxygen atoms in total. The second kappa shape index (κ2) is 5.29. The lowest BCUT2D eigenvalue weighted by molar-refractivity contribution is -0.126. The first-order valence-corrected chi connectivity index (χ1v) is 6.95. The molecule has 0 aromatic heterocycles. The number of carbonyl (C=O) groups excluding carboxylic acids is 1. The molecule has 104 valence electrons. The summed E-state index contributed by atoms with van der Waals surface area (Å²) < 4.78 is 5.16. The van der Waals surface area contributed by atoms with Crippen LogP contribution in [0.3, 0.4) is 0 Å². The zero-order valence-corrected chi connectivity index (χ0v) is 11.9. The van der Waals surface area contributed by atoms with Crippen LogP contribution in [0.1, 0.15) is 18.4 Å². The van der Waals surface area contributed by atoms with Crippen LogP contribution in [0.5, 0.6) is 5.75 Å². The topological polar surface area (TPSA) is 50.7 Å². The molecular weight excluding hydrogens is 276 g/mol. The Morgan fingerprint density at radius 3 is 2.75 bits per heavy atom. The Balaban J connectivity index is 1.98. The van der Waals surface area contributed by atoms with E-state index in [0.717, 1.165) is 24.1 Å². The minimum atomic E-state index is -0.0339. The SMILES string of the molecule is COc1ccc(C2=NNC(=O)[C@H]3CC=CC[C@@H]23)cc1Cl. The first-order chi connectivity index (χ1) is 9.70. The largest absolute Gasteiger partial charge is 0.495 e. The van der Waals surface area contributed by atoms with E-state index >= 15 is 0 Å². The van der Waals surface area contributed by atoms with Crippen LogP contribution >= 0.6 is 11.6 Å². The van der Waals surface area contributed by atoms with Gasteiger partial charge in [-0.3, -0.25) is 4.79 Å². The van der Waals surface area contributed by atoms with Gasteiger partial charge in [0.25, 0.3) is 0 Å². The maximum absolute atomic E-state index is 11.9. The van der Waals surface area contributed by atoms with Crippen LogP contribution in [0.4, 0.5) is 0 Å². The fourth-order valence-corrected chi connectivity index (χ4v) is 3.05. The molecule has 2 aliphatic rings. The highest BCUT2D eigenvalue weighted by atomic mass is 35.5. The molecule has 20 heavy (non-hydrogen) atoms. The van der Waals surface area contributed by atoms with E-state index in [1.165, 1.54) is 0 Å². The number of methoxy groups -OCH3 is 1. The van der Waals surface area contributed by atoms with Gasteiger partial charge in [-0.05, 0) is 36.6 Å². The molecule has 5 heteroatoms. The van der Waals surface area contributed by atoms with Gasteiger partial charge >= 0.3 is 0 Å². The maximum Gasteiger partial charge on any atom is 0.244 e. The number of hydrogen-bond acceptors (Lipinski definition) is 3. The molecule has 0 saturated heterocycles. The van der Waals surface area contributed by atoms with Gasteiger partial charge in [-0.1, -0.05) is 23.8 Å². The van der Waals surface area contributed by atoms with Crippen LogP contribution in [0.2, 0.25) is 5.02 Å². The molecule has 0 saturated carbocycles. The molecule has 0 spiro atoms. The highest BCUT2D eigenvalue weighted by Crippen LogP contribution is 2.33. The second-order valence-electron chi connectivity index (χ2n) is 4.98. The van der Waals surface area contributed by atoms with Gasteiger partial charge in [0.1, 0.15) is 5.75 Å². The quantitative estimate of drug-likeness (QED) is 0.852. The Labute approximate surface area is 122 Å². The standard InChI is InChI=1S/C15H15ClN2O2/c1-20-13-7-6-9(8-12(13)16)14-10-4-2-3-5-11(10)15(19)18-17-14/h2-3,6-8,10-11H,4-5H2,1H3,(H,18,19)/t10-,11+/m1/s1. The van der Waals surface area contributed by atoms with Gasteiger partial charge in [-0.25, -0.2) is 5.43 Å². The molecule has 0 radical (unpaired) electrons. The third-order valence-corrected chi connectivity index (χ3v) is 4.15. The van der Waals surface area contributed by atoms with Crippen molar-refractivity contribution in [2.45, 2.75) is 12.8 Å². The summed E-state index contributed by atoms with van der Waals surface area (Å²) in [6, 6.07) is 5.59. The molecule has 1 aromatic rings. The Morgan fingerprint density at radius 1 is 1.30 bits per heavy atom. The van der Waals surface area contributed by atoms with Crippen molar-refractivity contribution in [2.75, 3.05) is 7.11 Å². The molecule has 1 amide bonds. The number of hydrazone groups is 1. The molecule has 1 heterocycles. The number of ether oxygens (including phenoxy) is 1. The number of allylic oxidation sites excluding steroid dienone is 2. The molecule has 1 N–H and O–H groups in total. The molecule has 0 fully saturated rings. The van der Waals surface area contributed by atoms with Crippen molar-refractivity contribution >= 4 is 23.2 Å². The number of rotatable bonds is 2. The van der Waals surface area contributed by atoms with Gasteiger partial charge in [0, 0.05) is 5.92 Å². The summed E-state index contributed by atoms with van der Waals surface area (Å²) in [6.45, 7) is 0. The molecule has 1 aromatic carbocycles. The molecular formula is C15H15ClN2O2. The summed E-state index contributed by atoms with van der Waals surface area (Å²) in [5.41, 5.74) is 4.44. The summed E-state index contributed by atoms with van der Waals surface area (Å²) in [5.74, 6) is 0.727. The van der Waals surface area contributed by atoms with E-state index in [-0.39, 0.29) is 17.7 Å². The second-order valence-corrected chi connectivity index (χ2v) is 5.39. The summed E-state index contributed by atoms with van der Waals surface area (Å²) in [4.78, 5) is 11.9. The minimum absolute atomic E-state index is 0.00251. The predicted molar refractivity (Wildman–Crippen MR) is 78.0 cm³/mol. The Kier molecular flexibility index (Phi) is 3.49. The van der Waals surface area contributed by atoms with Gasteiger partial charge < -0.3 is 4.74 Å². The van der Waals surface area contributed by atoms with Gasteiger partial charge in [0.2, 0.25) is 5.91 Å². The normalized spacial score (nSPS) is 24.7. The van der Waals surface area contributed by atoms with E-state index in [9.17, 15) is 4.79 Å². The Hall–Kier alpha value is -1.81.